The van der Waals surface area contributed by atoms with Crippen LogP contribution in [-0.4, -0.2) is 19.7 Å². The zero-order chi connectivity index (χ0) is 11.7. The van der Waals surface area contributed by atoms with Gasteiger partial charge in [0.1, 0.15) is 5.60 Å². The first-order chi connectivity index (χ1) is 6.75. The summed E-state index contributed by atoms with van der Waals surface area (Å²) in [5, 5.41) is 0. The summed E-state index contributed by atoms with van der Waals surface area (Å²) < 4.78 is 6.12. The summed E-state index contributed by atoms with van der Waals surface area (Å²) in [5.74, 6) is 0.189. The number of allylic oxidation sites excluding steroid dienone is 1. The number of carbonyl (C=O) groups is 1. The van der Waals surface area contributed by atoms with Gasteiger partial charge in [-0.2, -0.15) is 0 Å². The maximum atomic E-state index is 11.8. The predicted octanol–water partition coefficient (Wildman–Crippen LogP) is 3.30. The monoisotopic (exact) mass is 226 g/mol. The van der Waals surface area contributed by atoms with E-state index in [1.54, 1.807) is 6.92 Å². The van der Waals surface area contributed by atoms with E-state index in [4.69, 9.17) is 4.43 Å². The summed E-state index contributed by atoms with van der Waals surface area (Å²) in [7, 11) is -1.65. The van der Waals surface area contributed by atoms with Crippen molar-refractivity contribution in [3.05, 3.63) is 11.6 Å². The average Bonchev–Trinajstić information content (AvgIpc) is 2.06. The molecule has 1 atom stereocenters. The van der Waals surface area contributed by atoms with E-state index in [0.29, 0.717) is 0 Å². The Kier molecular flexibility index (Phi) is 3.56. The van der Waals surface area contributed by atoms with Gasteiger partial charge >= 0.3 is 0 Å². The van der Waals surface area contributed by atoms with Crippen molar-refractivity contribution in [2.24, 2.45) is 0 Å². The van der Waals surface area contributed by atoms with Gasteiger partial charge in [0.25, 0.3) is 0 Å². The van der Waals surface area contributed by atoms with Crippen molar-refractivity contribution in [3.8, 4) is 0 Å². The molecular weight excluding hydrogens is 204 g/mol. The maximum absolute atomic E-state index is 11.8. The van der Waals surface area contributed by atoms with Gasteiger partial charge in [0.15, 0.2) is 14.1 Å². The van der Waals surface area contributed by atoms with E-state index < -0.39 is 13.9 Å². The number of carbonyl (C=O) groups excluding carboxylic acids is 1. The first kappa shape index (κ1) is 12.7. The van der Waals surface area contributed by atoms with Crippen LogP contribution in [0.2, 0.25) is 19.6 Å². The van der Waals surface area contributed by atoms with Crippen LogP contribution < -0.4 is 0 Å². The fourth-order valence-corrected chi connectivity index (χ4v) is 3.51. The Morgan fingerprint density at radius 3 is 2.40 bits per heavy atom. The topological polar surface area (TPSA) is 26.3 Å². The smallest absolute Gasteiger partial charge is 0.185 e. The number of ketones is 1. The highest BCUT2D eigenvalue weighted by atomic mass is 28.4. The van der Waals surface area contributed by atoms with Gasteiger partial charge in [-0.3, -0.25) is 4.79 Å². The summed E-state index contributed by atoms with van der Waals surface area (Å²) in [4.78, 5) is 11.8. The van der Waals surface area contributed by atoms with E-state index in [9.17, 15) is 4.79 Å². The van der Waals surface area contributed by atoms with Crippen LogP contribution in [0.1, 0.15) is 33.1 Å². The molecule has 0 aliphatic heterocycles. The molecule has 0 aromatic rings. The minimum absolute atomic E-state index is 0.189. The summed E-state index contributed by atoms with van der Waals surface area (Å²) in [6, 6.07) is 0. The number of hydrogen-bond acceptors (Lipinski definition) is 2. The fourth-order valence-electron chi connectivity index (χ4n) is 2.01. The molecule has 1 aliphatic rings. The molecule has 15 heavy (non-hydrogen) atoms. The Bertz CT molecular complexity index is 288. The van der Waals surface area contributed by atoms with Crippen molar-refractivity contribution in [2.75, 3.05) is 0 Å². The third-order valence-corrected chi connectivity index (χ3v) is 3.85. The molecule has 0 heterocycles. The van der Waals surface area contributed by atoms with Gasteiger partial charge in [0, 0.05) is 6.42 Å². The second-order valence-electron chi connectivity index (χ2n) is 5.52. The molecule has 0 N–H and O–H groups in total. The molecule has 0 bridgehead atoms. The van der Waals surface area contributed by atoms with E-state index in [1.165, 1.54) is 5.57 Å². The average molecular weight is 226 g/mol. The minimum Gasteiger partial charge on any atom is -0.405 e. The zero-order valence-corrected chi connectivity index (χ0v) is 11.5. The lowest BCUT2D eigenvalue weighted by molar-refractivity contribution is -0.133. The van der Waals surface area contributed by atoms with E-state index in [2.05, 4.69) is 32.6 Å². The Morgan fingerprint density at radius 2 is 2.07 bits per heavy atom. The highest BCUT2D eigenvalue weighted by Crippen LogP contribution is 2.34. The fraction of sp³-hybridized carbons (Fsp3) is 0.750. The van der Waals surface area contributed by atoms with Gasteiger partial charge < -0.3 is 4.43 Å². The van der Waals surface area contributed by atoms with Crippen LogP contribution >= 0.6 is 0 Å². The van der Waals surface area contributed by atoms with E-state index in [0.717, 1.165) is 19.3 Å². The lowest BCUT2D eigenvalue weighted by atomic mass is 9.83. The summed E-state index contributed by atoms with van der Waals surface area (Å²) in [6.07, 6.45) is 4.77. The van der Waals surface area contributed by atoms with Crippen molar-refractivity contribution in [3.63, 3.8) is 0 Å². The highest BCUT2D eigenvalue weighted by molar-refractivity contribution is 6.70. The normalized spacial score (nSPS) is 27.4. The van der Waals surface area contributed by atoms with Crippen LogP contribution in [0.25, 0.3) is 0 Å². The molecule has 86 valence electrons. The molecule has 1 aliphatic carbocycles. The van der Waals surface area contributed by atoms with Crippen LogP contribution in [-0.2, 0) is 9.22 Å². The summed E-state index contributed by atoms with van der Waals surface area (Å²) >= 11 is 0. The number of rotatable bonds is 3. The molecule has 0 aromatic heterocycles. The van der Waals surface area contributed by atoms with Gasteiger partial charge in [-0.05, 0) is 46.3 Å². The summed E-state index contributed by atoms with van der Waals surface area (Å²) in [5.41, 5.74) is 0.871. The van der Waals surface area contributed by atoms with Gasteiger partial charge in [-0.25, -0.2) is 0 Å². The quantitative estimate of drug-likeness (QED) is 0.545. The molecule has 0 spiro atoms. The van der Waals surface area contributed by atoms with E-state index >= 15 is 0 Å². The molecule has 0 saturated heterocycles. The molecule has 1 unspecified atom stereocenters. The molecular formula is C12H22O2Si. The molecule has 2 nitrogen and oxygen atoms in total. The highest BCUT2D eigenvalue weighted by Gasteiger charge is 2.40. The molecule has 0 radical (unpaired) electrons. The standard InChI is InChI=1S/C12H22O2Si/c1-10-6-8-12(9-7-10,11(2)13)14-15(3,4)5/h6H,7-9H2,1-5H3. The minimum atomic E-state index is -1.65. The largest absolute Gasteiger partial charge is 0.405 e. The van der Waals surface area contributed by atoms with Crippen LogP contribution in [0.5, 0.6) is 0 Å². The van der Waals surface area contributed by atoms with E-state index in [-0.39, 0.29) is 5.78 Å². The lowest BCUT2D eigenvalue weighted by Crippen LogP contribution is -2.48. The molecule has 0 saturated carbocycles. The Morgan fingerprint density at radius 1 is 1.47 bits per heavy atom. The SMILES string of the molecule is CC(=O)C1(O[Si](C)(C)C)CC=C(C)CC1. The van der Waals surface area contributed by atoms with Crippen LogP contribution in [0.3, 0.4) is 0 Å². The van der Waals surface area contributed by atoms with E-state index in [1.807, 2.05) is 0 Å². The maximum Gasteiger partial charge on any atom is 0.185 e. The van der Waals surface area contributed by atoms with Crippen LogP contribution in [0, 0.1) is 0 Å². The van der Waals surface area contributed by atoms with Gasteiger partial charge in [0.05, 0.1) is 0 Å². The second-order valence-corrected chi connectivity index (χ2v) is 9.95. The van der Waals surface area contributed by atoms with Crippen molar-refractivity contribution in [1.82, 2.24) is 0 Å². The number of hydrogen-bond donors (Lipinski definition) is 0. The third-order valence-electron chi connectivity index (χ3n) is 2.85. The van der Waals surface area contributed by atoms with Crippen LogP contribution in [0.15, 0.2) is 11.6 Å². The molecule has 0 aromatic carbocycles. The van der Waals surface area contributed by atoms with Crippen molar-refractivity contribution in [1.29, 1.82) is 0 Å². The second kappa shape index (κ2) is 4.22. The van der Waals surface area contributed by atoms with Crippen LogP contribution in [0.4, 0.5) is 0 Å². The first-order valence-corrected chi connectivity index (χ1v) is 9.03. The molecule has 0 amide bonds. The third kappa shape index (κ3) is 3.28. The Balaban J connectivity index is 2.87. The van der Waals surface area contributed by atoms with Gasteiger partial charge in [-0.15, -0.1) is 0 Å². The first-order valence-electron chi connectivity index (χ1n) is 5.62. The summed E-state index contributed by atoms with van der Waals surface area (Å²) in [6.45, 7) is 10.2. The van der Waals surface area contributed by atoms with Crippen molar-refractivity contribution in [2.45, 2.75) is 58.4 Å². The zero-order valence-electron chi connectivity index (χ0n) is 10.5. The number of Topliss-reactive ketones (excluding diaryl/α,β-unsaturated/α-hetero) is 1. The van der Waals surface area contributed by atoms with Crippen molar-refractivity contribution >= 4 is 14.1 Å². The lowest BCUT2D eigenvalue weighted by Gasteiger charge is -2.39. The molecule has 0 fully saturated rings. The van der Waals surface area contributed by atoms with Gasteiger partial charge in [0.2, 0.25) is 0 Å². The molecule has 3 heteroatoms. The predicted molar refractivity (Wildman–Crippen MR) is 65.5 cm³/mol. The Labute approximate surface area is 93.8 Å². The van der Waals surface area contributed by atoms with Crippen molar-refractivity contribution < 1.29 is 9.22 Å². The molecule has 1 rings (SSSR count). The Hall–Kier alpha value is -0.413. The van der Waals surface area contributed by atoms with Gasteiger partial charge in [-0.1, -0.05) is 11.6 Å².